The highest BCUT2D eigenvalue weighted by Crippen LogP contribution is 2.03. The van der Waals surface area contributed by atoms with E-state index in [0.29, 0.717) is 38.3 Å². The molecule has 1 heterocycles. The van der Waals surface area contributed by atoms with Crippen LogP contribution in [0.1, 0.15) is 22.5 Å². The Morgan fingerprint density at radius 2 is 2.29 bits per heavy atom. The van der Waals surface area contributed by atoms with Gasteiger partial charge in [0.1, 0.15) is 12.3 Å². The molecule has 1 amide bonds. The van der Waals surface area contributed by atoms with Crippen molar-refractivity contribution < 1.29 is 19.4 Å². The molecule has 0 atom stereocenters. The van der Waals surface area contributed by atoms with E-state index in [0.717, 1.165) is 0 Å². The molecule has 0 saturated carbocycles. The first kappa shape index (κ1) is 17.1. The van der Waals surface area contributed by atoms with Crippen LogP contribution in [0.5, 0.6) is 0 Å². The zero-order valence-corrected chi connectivity index (χ0v) is 12.1. The van der Waals surface area contributed by atoms with Gasteiger partial charge in [-0.1, -0.05) is 11.8 Å². The summed E-state index contributed by atoms with van der Waals surface area (Å²) >= 11 is 0. The van der Waals surface area contributed by atoms with Gasteiger partial charge in [-0.2, -0.15) is 0 Å². The highest BCUT2D eigenvalue weighted by Gasteiger charge is 2.10. The number of methoxy groups -OCH3 is 1. The molecule has 0 radical (unpaired) electrons. The zero-order chi connectivity index (χ0) is 15.3. The lowest BCUT2D eigenvalue weighted by molar-refractivity contribution is 0.0688. The van der Waals surface area contributed by atoms with Crippen LogP contribution >= 0.6 is 0 Å². The molecule has 114 valence electrons. The van der Waals surface area contributed by atoms with Gasteiger partial charge in [0.25, 0.3) is 5.91 Å². The van der Waals surface area contributed by atoms with Crippen LogP contribution in [-0.2, 0) is 9.47 Å². The Labute approximate surface area is 124 Å². The third kappa shape index (κ3) is 6.86. The minimum atomic E-state index is -0.283. The molecular weight excluding hydrogens is 272 g/mol. The second-order valence-corrected chi connectivity index (χ2v) is 4.07. The number of ether oxygens (including phenoxy) is 2. The monoisotopic (exact) mass is 292 g/mol. The predicted octanol–water partition coefficient (Wildman–Crippen LogP) is 0.208. The molecule has 6 heteroatoms. The van der Waals surface area contributed by atoms with Crippen molar-refractivity contribution in [3.8, 4) is 11.8 Å². The lowest BCUT2D eigenvalue weighted by atomic mass is 10.2. The highest BCUT2D eigenvalue weighted by atomic mass is 16.5. The van der Waals surface area contributed by atoms with Gasteiger partial charge >= 0.3 is 0 Å². The number of aromatic nitrogens is 1. The summed E-state index contributed by atoms with van der Waals surface area (Å²) in [5.74, 6) is 4.93. The van der Waals surface area contributed by atoms with Crippen molar-refractivity contribution in [3.63, 3.8) is 0 Å². The Kier molecular flexibility index (Phi) is 8.80. The lowest BCUT2D eigenvalue weighted by Crippen LogP contribution is -2.27. The smallest absolute Gasteiger partial charge is 0.271 e. The summed E-state index contributed by atoms with van der Waals surface area (Å²) in [7, 11) is 1.62. The van der Waals surface area contributed by atoms with Crippen LogP contribution in [0, 0.1) is 11.8 Å². The van der Waals surface area contributed by atoms with Gasteiger partial charge in [0.05, 0.1) is 18.8 Å². The van der Waals surface area contributed by atoms with Gasteiger partial charge < -0.3 is 19.9 Å². The van der Waals surface area contributed by atoms with Crippen LogP contribution in [0.4, 0.5) is 0 Å². The third-order valence-electron chi connectivity index (χ3n) is 2.51. The number of carbonyl (C=O) groups is 1. The molecule has 1 rings (SSSR count). The molecule has 1 aromatic heterocycles. The van der Waals surface area contributed by atoms with Crippen molar-refractivity contribution in [2.75, 3.05) is 40.1 Å². The van der Waals surface area contributed by atoms with E-state index < -0.39 is 0 Å². The minimum absolute atomic E-state index is 0.255. The number of aliphatic hydroxyl groups excluding tert-OH is 1. The molecule has 0 bridgehead atoms. The number of carbonyl (C=O) groups excluding carboxylic acids is 1. The van der Waals surface area contributed by atoms with E-state index in [-0.39, 0.29) is 18.2 Å². The average molecular weight is 292 g/mol. The topological polar surface area (TPSA) is 80.7 Å². The molecule has 0 aliphatic carbocycles. The molecule has 0 aromatic carbocycles. The van der Waals surface area contributed by atoms with Crippen molar-refractivity contribution in [2.45, 2.75) is 6.42 Å². The van der Waals surface area contributed by atoms with Crippen molar-refractivity contribution >= 4 is 5.91 Å². The van der Waals surface area contributed by atoms with E-state index in [1.54, 1.807) is 19.2 Å². The van der Waals surface area contributed by atoms with E-state index >= 15 is 0 Å². The van der Waals surface area contributed by atoms with Crippen molar-refractivity contribution in [1.82, 2.24) is 10.3 Å². The SMILES string of the molecule is COCCOCCCNC(=O)c1ncccc1C#CCO. The zero-order valence-electron chi connectivity index (χ0n) is 12.1. The van der Waals surface area contributed by atoms with Gasteiger partial charge in [-0.25, -0.2) is 4.98 Å². The van der Waals surface area contributed by atoms with E-state index in [9.17, 15) is 4.79 Å². The fourth-order valence-electron chi connectivity index (χ4n) is 1.53. The van der Waals surface area contributed by atoms with Gasteiger partial charge in [0.15, 0.2) is 0 Å². The number of rotatable bonds is 8. The Bertz CT molecular complexity index is 494. The molecule has 1 aromatic rings. The Balaban J connectivity index is 2.38. The van der Waals surface area contributed by atoms with Crippen LogP contribution in [0.2, 0.25) is 0 Å². The summed E-state index contributed by atoms with van der Waals surface area (Å²) in [5.41, 5.74) is 0.763. The molecule has 0 spiro atoms. The molecular formula is C15H20N2O4. The molecule has 0 unspecified atom stereocenters. The van der Waals surface area contributed by atoms with Crippen LogP contribution in [-0.4, -0.2) is 56.1 Å². The van der Waals surface area contributed by atoms with Crippen LogP contribution in [0.25, 0.3) is 0 Å². The minimum Gasteiger partial charge on any atom is -0.384 e. The van der Waals surface area contributed by atoms with Crippen molar-refractivity contribution in [1.29, 1.82) is 0 Å². The molecule has 0 aliphatic rings. The van der Waals surface area contributed by atoms with E-state index in [1.165, 1.54) is 6.20 Å². The first-order valence-corrected chi connectivity index (χ1v) is 6.69. The number of amides is 1. The first-order chi connectivity index (χ1) is 10.3. The van der Waals surface area contributed by atoms with Crippen molar-refractivity contribution in [2.24, 2.45) is 0 Å². The maximum absolute atomic E-state index is 12.0. The predicted molar refractivity (Wildman–Crippen MR) is 77.8 cm³/mol. The van der Waals surface area contributed by atoms with Gasteiger partial charge in [-0.3, -0.25) is 4.79 Å². The number of pyridine rings is 1. The Morgan fingerprint density at radius 1 is 1.43 bits per heavy atom. The molecule has 0 fully saturated rings. The highest BCUT2D eigenvalue weighted by molar-refractivity contribution is 5.94. The van der Waals surface area contributed by atoms with E-state index in [4.69, 9.17) is 14.6 Å². The Hall–Kier alpha value is -1.94. The quantitative estimate of drug-likeness (QED) is 0.529. The maximum Gasteiger partial charge on any atom is 0.271 e. The molecule has 0 saturated heterocycles. The number of aliphatic hydroxyl groups is 1. The van der Waals surface area contributed by atoms with Gasteiger partial charge in [0.2, 0.25) is 0 Å². The summed E-state index contributed by atoms with van der Waals surface area (Å²) in [4.78, 5) is 16.0. The maximum atomic E-state index is 12.0. The van der Waals surface area contributed by atoms with Gasteiger partial charge in [0, 0.05) is 26.5 Å². The summed E-state index contributed by atoms with van der Waals surface area (Å²) < 4.78 is 10.2. The van der Waals surface area contributed by atoms with Crippen LogP contribution in [0.15, 0.2) is 18.3 Å². The summed E-state index contributed by atoms with van der Waals surface area (Å²) in [6, 6.07) is 3.39. The third-order valence-corrected chi connectivity index (χ3v) is 2.51. The molecule has 21 heavy (non-hydrogen) atoms. The fraction of sp³-hybridized carbons (Fsp3) is 0.467. The lowest BCUT2D eigenvalue weighted by Gasteiger charge is -2.06. The number of nitrogens with one attached hydrogen (secondary N) is 1. The second kappa shape index (κ2) is 10.8. The fourth-order valence-corrected chi connectivity index (χ4v) is 1.53. The number of hydrogen-bond donors (Lipinski definition) is 2. The molecule has 0 aliphatic heterocycles. The van der Waals surface area contributed by atoms with Crippen LogP contribution < -0.4 is 5.32 Å². The van der Waals surface area contributed by atoms with Gasteiger partial charge in [-0.15, -0.1) is 0 Å². The first-order valence-electron chi connectivity index (χ1n) is 6.69. The molecule has 6 nitrogen and oxygen atoms in total. The summed E-state index contributed by atoms with van der Waals surface area (Å²) in [6.07, 6.45) is 2.24. The van der Waals surface area contributed by atoms with E-state index in [2.05, 4.69) is 22.1 Å². The average Bonchev–Trinajstić information content (AvgIpc) is 2.52. The van der Waals surface area contributed by atoms with E-state index in [1.807, 2.05) is 0 Å². The summed E-state index contributed by atoms with van der Waals surface area (Å²) in [5, 5.41) is 11.5. The summed E-state index contributed by atoms with van der Waals surface area (Å²) in [6.45, 7) is 1.91. The number of nitrogens with zero attached hydrogens (tertiary/aromatic N) is 1. The van der Waals surface area contributed by atoms with Crippen LogP contribution in [0.3, 0.4) is 0 Å². The molecule has 2 N–H and O–H groups in total. The Morgan fingerprint density at radius 3 is 3.05 bits per heavy atom. The standard InChI is InChI=1S/C15H20N2O4/c1-20-11-12-21-10-4-8-17-15(19)14-13(6-3-9-18)5-2-7-16-14/h2,5,7,18H,4,8-12H2,1H3,(H,17,19). The number of hydrogen-bond acceptors (Lipinski definition) is 5. The van der Waals surface area contributed by atoms with Crippen molar-refractivity contribution in [3.05, 3.63) is 29.6 Å². The largest absolute Gasteiger partial charge is 0.384 e. The van der Waals surface area contributed by atoms with Gasteiger partial charge in [-0.05, 0) is 18.6 Å². The normalized spacial score (nSPS) is 9.81. The second-order valence-electron chi connectivity index (χ2n) is 4.07.